The molecule has 5 rings (SSSR count). The lowest BCUT2D eigenvalue weighted by molar-refractivity contribution is -0.129. The van der Waals surface area contributed by atoms with Gasteiger partial charge in [-0.1, -0.05) is 30.3 Å². The zero-order chi connectivity index (χ0) is 21.2. The molecule has 3 N–H and O–H groups in total. The standard InChI is InChI=1S/C22H19N3O5/c1-25-20-17(21(28)24-22(25)29)15(10-7-8-13(26)14(9-10)30-2)16-18(23-20)11-5-3-4-6-12(11)19(16)27/h3-9,15,17,20,23,26H,1-2H3,(H,24,28,29). The van der Waals surface area contributed by atoms with Gasteiger partial charge in [-0.2, -0.15) is 0 Å². The number of carbonyl (C=O) groups is 3. The highest BCUT2D eigenvalue weighted by Crippen LogP contribution is 2.49. The van der Waals surface area contributed by atoms with Crippen LogP contribution in [0.5, 0.6) is 11.5 Å². The number of methoxy groups -OCH3 is 1. The van der Waals surface area contributed by atoms with Gasteiger partial charge in [0, 0.05) is 29.7 Å². The van der Waals surface area contributed by atoms with Crippen LogP contribution in [0.1, 0.15) is 27.4 Å². The number of ether oxygens (including phenoxy) is 1. The van der Waals surface area contributed by atoms with Crippen molar-refractivity contribution in [1.29, 1.82) is 0 Å². The van der Waals surface area contributed by atoms with Gasteiger partial charge in [0.15, 0.2) is 17.3 Å². The summed E-state index contributed by atoms with van der Waals surface area (Å²) in [6, 6.07) is 11.5. The third-order valence-corrected chi connectivity index (χ3v) is 6.09. The predicted octanol–water partition coefficient (Wildman–Crippen LogP) is 1.82. The lowest BCUT2D eigenvalue weighted by Crippen LogP contribution is -2.66. The van der Waals surface area contributed by atoms with Crippen LogP contribution in [-0.4, -0.2) is 48.1 Å². The maximum atomic E-state index is 13.4. The molecule has 2 aliphatic heterocycles. The van der Waals surface area contributed by atoms with Gasteiger partial charge in [0.25, 0.3) is 0 Å². The summed E-state index contributed by atoms with van der Waals surface area (Å²) < 4.78 is 5.25. The molecule has 0 saturated carbocycles. The first-order chi connectivity index (χ1) is 14.4. The number of benzene rings is 2. The van der Waals surface area contributed by atoms with Crippen molar-refractivity contribution in [2.75, 3.05) is 14.2 Å². The van der Waals surface area contributed by atoms with E-state index >= 15 is 0 Å². The van der Waals surface area contributed by atoms with Crippen LogP contribution in [0.2, 0.25) is 0 Å². The molecule has 152 valence electrons. The van der Waals surface area contributed by atoms with Crippen molar-refractivity contribution in [3.05, 3.63) is 64.7 Å². The summed E-state index contributed by atoms with van der Waals surface area (Å²) in [6.45, 7) is 0. The van der Waals surface area contributed by atoms with Gasteiger partial charge in [0.2, 0.25) is 5.91 Å². The van der Waals surface area contributed by atoms with Gasteiger partial charge < -0.3 is 20.1 Å². The number of phenolic OH excluding ortho intramolecular Hbond substituents is 1. The molecule has 1 aliphatic carbocycles. The minimum Gasteiger partial charge on any atom is -0.504 e. The average molecular weight is 405 g/mol. The molecule has 8 nitrogen and oxygen atoms in total. The molecule has 0 bridgehead atoms. The molecule has 3 aliphatic rings. The van der Waals surface area contributed by atoms with Crippen LogP contribution in [0.4, 0.5) is 4.79 Å². The Morgan fingerprint density at radius 2 is 1.80 bits per heavy atom. The van der Waals surface area contributed by atoms with Crippen LogP contribution < -0.4 is 15.4 Å². The minimum atomic E-state index is -0.737. The highest BCUT2D eigenvalue weighted by molar-refractivity contribution is 6.22. The quantitative estimate of drug-likeness (QED) is 0.704. The van der Waals surface area contributed by atoms with Crippen molar-refractivity contribution in [1.82, 2.24) is 15.5 Å². The number of ketones is 1. The summed E-state index contributed by atoms with van der Waals surface area (Å²) in [4.78, 5) is 40.0. The van der Waals surface area contributed by atoms with Gasteiger partial charge in [-0.15, -0.1) is 0 Å². The summed E-state index contributed by atoms with van der Waals surface area (Å²) in [5.74, 6) is -1.77. The number of Topliss-reactive ketones (excluding diaryl/α,β-unsaturated/α-hetero) is 1. The van der Waals surface area contributed by atoms with Gasteiger partial charge in [-0.05, 0) is 17.7 Å². The Bertz CT molecular complexity index is 1160. The van der Waals surface area contributed by atoms with Crippen molar-refractivity contribution < 1.29 is 24.2 Å². The highest BCUT2D eigenvalue weighted by Gasteiger charge is 2.53. The number of urea groups is 1. The number of nitrogens with one attached hydrogen (secondary N) is 2. The smallest absolute Gasteiger partial charge is 0.325 e. The fraction of sp³-hybridized carbons (Fsp3) is 0.227. The second-order valence-electron chi connectivity index (χ2n) is 7.59. The number of phenols is 1. The summed E-state index contributed by atoms with van der Waals surface area (Å²) >= 11 is 0. The fourth-order valence-corrected chi connectivity index (χ4v) is 4.65. The number of allylic oxidation sites excluding steroid dienone is 1. The normalized spacial score (nSPS) is 24.7. The molecule has 3 atom stereocenters. The van der Waals surface area contributed by atoms with E-state index in [0.717, 1.165) is 5.56 Å². The molecule has 30 heavy (non-hydrogen) atoms. The minimum absolute atomic E-state index is 0.0395. The lowest BCUT2D eigenvalue weighted by Gasteiger charge is -2.46. The van der Waals surface area contributed by atoms with Crippen molar-refractivity contribution in [2.45, 2.75) is 12.1 Å². The van der Waals surface area contributed by atoms with Gasteiger partial charge >= 0.3 is 6.03 Å². The van der Waals surface area contributed by atoms with Crippen molar-refractivity contribution in [3.63, 3.8) is 0 Å². The second-order valence-corrected chi connectivity index (χ2v) is 7.59. The van der Waals surface area contributed by atoms with E-state index in [1.807, 2.05) is 12.1 Å². The predicted molar refractivity (Wildman–Crippen MR) is 107 cm³/mol. The Labute approximate surface area is 172 Å². The molecule has 8 heteroatoms. The van der Waals surface area contributed by atoms with Crippen LogP contribution in [0.3, 0.4) is 0 Å². The summed E-state index contributed by atoms with van der Waals surface area (Å²) in [5.41, 5.74) is 3.05. The molecule has 3 unspecified atom stereocenters. The van der Waals surface area contributed by atoms with Gasteiger partial charge in [0.05, 0.1) is 18.7 Å². The van der Waals surface area contributed by atoms with Gasteiger partial charge in [-0.25, -0.2) is 4.79 Å². The number of imide groups is 1. The van der Waals surface area contributed by atoms with Crippen molar-refractivity contribution in [3.8, 4) is 11.5 Å². The maximum absolute atomic E-state index is 13.4. The number of nitrogens with zero attached hydrogens (tertiary/aromatic N) is 1. The van der Waals surface area contributed by atoms with E-state index in [-0.39, 0.29) is 17.3 Å². The Balaban J connectivity index is 1.75. The summed E-state index contributed by atoms with van der Waals surface area (Å²) in [5, 5.41) is 15.7. The number of hydrogen-bond acceptors (Lipinski definition) is 6. The number of hydrogen-bond donors (Lipinski definition) is 3. The Morgan fingerprint density at radius 1 is 1.07 bits per heavy atom. The monoisotopic (exact) mass is 405 g/mol. The highest BCUT2D eigenvalue weighted by atomic mass is 16.5. The summed E-state index contributed by atoms with van der Waals surface area (Å²) in [7, 11) is 3.04. The molecule has 3 amide bonds. The molecule has 2 aromatic rings. The van der Waals surface area contributed by atoms with E-state index in [0.29, 0.717) is 22.4 Å². The number of carbonyl (C=O) groups excluding carboxylic acids is 3. The lowest BCUT2D eigenvalue weighted by atomic mass is 9.73. The Morgan fingerprint density at radius 3 is 2.53 bits per heavy atom. The van der Waals surface area contributed by atoms with E-state index in [2.05, 4.69) is 10.6 Å². The average Bonchev–Trinajstić information content (AvgIpc) is 3.03. The molecule has 2 aromatic carbocycles. The number of aromatic hydroxyl groups is 1. The maximum Gasteiger partial charge on any atom is 0.325 e. The second kappa shape index (κ2) is 6.35. The number of rotatable bonds is 2. The van der Waals surface area contributed by atoms with Crippen LogP contribution >= 0.6 is 0 Å². The largest absolute Gasteiger partial charge is 0.504 e. The number of amides is 3. The Kier molecular flexibility index (Phi) is 3.86. The van der Waals surface area contributed by atoms with Gasteiger partial charge in [0.1, 0.15) is 6.17 Å². The molecular formula is C22H19N3O5. The number of fused-ring (bicyclic) bond motifs is 3. The van der Waals surface area contributed by atoms with Gasteiger partial charge in [-0.3, -0.25) is 14.9 Å². The fourth-order valence-electron chi connectivity index (χ4n) is 4.65. The van der Waals surface area contributed by atoms with E-state index in [1.54, 1.807) is 31.3 Å². The SMILES string of the molecule is COc1cc(C2C3=C(NC4C2C(=O)NC(=O)N4C)c2ccccc2C3=O)ccc1O. The van der Waals surface area contributed by atoms with Crippen LogP contribution in [0.25, 0.3) is 5.70 Å². The van der Waals surface area contributed by atoms with E-state index in [4.69, 9.17) is 4.74 Å². The molecule has 1 fully saturated rings. The molecule has 1 saturated heterocycles. The van der Waals surface area contributed by atoms with E-state index in [1.165, 1.54) is 18.1 Å². The topological polar surface area (TPSA) is 108 Å². The van der Waals surface area contributed by atoms with Crippen molar-refractivity contribution in [2.24, 2.45) is 5.92 Å². The first-order valence-electron chi connectivity index (χ1n) is 9.51. The Hall–Kier alpha value is -3.81. The van der Waals surface area contributed by atoms with Crippen molar-refractivity contribution >= 4 is 23.4 Å². The third-order valence-electron chi connectivity index (χ3n) is 6.09. The van der Waals surface area contributed by atoms with Crippen LogP contribution in [0, 0.1) is 5.92 Å². The first kappa shape index (κ1) is 18.2. The molecule has 0 aromatic heterocycles. The van der Waals surface area contributed by atoms with Crippen LogP contribution in [0.15, 0.2) is 48.0 Å². The molecule has 0 spiro atoms. The molecule has 2 heterocycles. The summed E-state index contributed by atoms with van der Waals surface area (Å²) in [6.07, 6.45) is -0.631. The zero-order valence-corrected chi connectivity index (χ0v) is 16.3. The van der Waals surface area contributed by atoms with E-state index < -0.39 is 29.9 Å². The molecular weight excluding hydrogens is 386 g/mol. The zero-order valence-electron chi connectivity index (χ0n) is 16.3. The first-order valence-corrected chi connectivity index (χ1v) is 9.51. The third kappa shape index (κ3) is 2.36. The van der Waals surface area contributed by atoms with E-state index in [9.17, 15) is 19.5 Å². The van der Waals surface area contributed by atoms with Crippen LogP contribution in [-0.2, 0) is 4.79 Å². The molecule has 0 radical (unpaired) electrons.